The van der Waals surface area contributed by atoms with Gasteiger partial charge in [-0.05, 0) is 12.1 Å². The molecule has 96 valence electrons. The van der Waals surface area contributed by atoms with Crippen LogP contribution in [0.4, 0.5) is 0 Å². The third kappa shape index (κ3) is 2.40. The molecule has 2 rings (SSSR count). The molecule has 1 aliphatic rings. The highest BCUT2D eigenvalue weighted by molar-refractivity contribution is 7.89. The Morgan fingerprint density at radius 2 is 1.61 bits per heavy atom. The molecule has 0 saturated heterocycles. The second-order valence-corrected chi connectivity index (χ2v) is 5.50. The molecule has 0 fully saturated rings. The summed E-state index contributed by atoms with van der Waals surface area (Å²) in [5, 5.41) is 5.62. The standard InChI is InChI=1S/C10H11N3O4S/c11-18(16,17)6-5-12-13-9(14)7-3-1-2-4-8(7)10(13)15/h1-4,12H,5-6H2,(H2,11,16,17). The van der Waals surface area contributed by atoms with E-state index in [-0.39, 0.29) is 12.3 Å². The fourth-order valence-corrected chi connectivity index (χ4v) is 2.01. The van der Waals surface area contributed by atoms with Gasteiger partial charge in [0.2, 0.25) is 10.0 Å². The van der Waals surface area contributed by atoms with Crippen molar-refractivity contribution in [1.82, 2.24) is 10.4 Å². The molecule has 2 amide bonds. The van der Waals surface area contributed by atoms with Gasteiger partial charge in [0.25, 0.3) is 11.8 Å². The van der Waals surface area contributed by atoms with E-state index in [0.717, 1.165) is 5.01 Å². The zero-order valence-electron chi connectivity index (χ0n) is 9.29. The van der Waals surface area contributed by atoms with Crippen LogP contribution in [0.1, 0.15) is 20.7 Å². The number of carbonyl (C=O) groups excluding carboxylic acids is 2. The number of hydrogen-bond acceptors (Lipinski definition) is 5. The van der Waals surface area contributed by atoms with Gasteiger partial charge in [0.05, 0.1) is 16.9 Å². The smallest absolute Gasteiger partial charge is 0.267 e. The van der Waals surface area contributed by atoms with E-state index in [1.54, 1.807) is 12.1 Å². The van der Waals surface area contributed by atoms with E-state index >= 15 is 0 Å². The number of nitrogens with zero attached hydrogens (tertiary/aromatic N) is 1. The average molecular weight is 269 g/mol. The number of primary sulfonamides is 1. The van der Waals surface area contributed by atoms with Gasteiger partial charge in [-0.15, -0.1) is 0 Å². The Morgan fingerprint density at radius 3 is 2.06 bits per heavy atom. The molecule has 0 bridgehead atoms. The first kappa shape index (κ1) is 12.7. The van der Waals surface area contributed by atoms with Crippen molar-refractivity contribution in [2.45, 2.75) is 0 Å². The Kier molecular flexibility index (Phi) is 3.16. The van der Waals surface area contributed by atoms with E-state index in [2.05, 4.69) is 5.43 Å². The van der Waals surface area contributed by atoms with Crippen molar-refractivity contribution >= 4 is 21.8 Å². The summed E-state index contributed by atoms with van der Waals surface area (Å²) in [5.74, 6) is -1.35. The van der Waals surface area contributed by atoms with Crippen LogP contribution in [-0.2, 0) is 10.0 Å². The molecule has 0 aromatic heterocycles. The number of nitrogens with two attached hydrogens (primary N) is 1. The highest BCUT2D eigenvalue weighted by Crippen LogP contribution is 2.20. The summed E-state index contributed by atoms with van der Waals surface area (Å²) in [5.41, 5.74) is 3.05. The third-order valence-electron chi connectivity index (χ3n) is 2.45. The van der Waals surface area contributed by atoms with Gasteiger partial charge in [-0.25, -0.2) is 24.0 Å². The molecule has 8 heteroatoms. The van der Waals surface area contributed by atoms with Gasteiger partial charge in [0, 0.05) is 6.54 Å². The second-order valence-electron chi connectivity index (χ2n) is 3.77. The van der Waals surface area contributed by atoms with E-state index < -0.39 is 21.8 Å². The van der Waals surface area contributed by atoms with Gasteiger partial charge in [0.1, 0.15) is 0 Å². The molecule has 0 radical (unpaired) electrons. The predicted octanol–water partition coefficient (Wildman–Crippen LogP) is -0.924. The van der Waals surface area contributed by atoms with Crippen LogP contribution in [0, 0.1) is 0 Å². The minimum atomic E-state index is -3.63. The Balaban J connectivity index is 2.10. The van der Waals surface area contributed by atoms with Crippen LogP contribution < -0.4 is 10.6 Å². The lowest BCUT2D eigenvalue weighted by Crippen LogP contribution is -2.44. The summed E-state index contributed by atoms with van der Waals surface area (Å²) in [6, 6.07) is 6.38. The van der Waals surface area contributed by atoms with Crippen molar-refractivity contribution in [1.29, 1.82) is 0 Å². The molecule has 1 aliphatic heterocycles. The molecule has 0 saturated carbocycles. The first-order valence-electron chi connectivity index (χ1n) is 5.12. The van der Waals surface area contributed by atoms with Gasteiger partial charge in [-0.3, -0.25) is 9.59 Å². The van der Waals surface area contributed by atoms with Crippen LogP contribution in [0.15, 0.2) is 24.3 Å². The Hall–Kier alpha value is -1.77. The molecule has 18 heavy (non-hydrogen) atoms. The third-order valence-corrected chi connectivity index (χ3v) is 3.22. The molecule has 0 atom stereocenters. The zero-order chi connectivity index (χ0) is 13.3. The van der Waals surface area contributed by atoms with E-state index in [4.69, 9.17) is 5.14 Å². The van der Waals surface area contributed by atoms with Gasteiger partial charge < -0.3 is 0 Å². The first-order valence-corrected chi connectivity index (χ1v) is 6.83. The maximum atomic E-state index is 11.8. The lowest BCUT2D eigenvalue weighted by Gasteiger charge is -2.14. The van der Waals surface area contributed by atoms with Gasteiger partial charge in [-0.1, -0.05) is 12.1 Å². The maximum Gasteiger partial charge on any atom is 0.276 e. The van der Waals surface area contributed by atoms with Gasteiger partial charge in [-0.2, -0.15) is 0 Å². The number of benzene rings is 1. The lowest BCUT2D eigenvalue weighted by atomic mass is 10.1. The Bertz CT molecular complexity index is 576. The topological polar surface area (TPSA) is 110 Å². The number of nitrogens with one attached hydrogen (secondary N) is 1. The predicted molar refractivity (Wildman–Crippen MR) is 62.9 cm³/mol. The second kappa shape index (κ2) is 4.48. The Morgan fingerprint density at radius 1 is 1.11 bits per heavy atom. The largest absolute Gasteiger partial charge is 0.276 e. The summed E-state index contributed by atoms with van der Waals surface area (Å²) < 4.78 is 21.5. The molecule has 1 aromatic rings. The zero-order valence-corrected chi connectivity index (χ0v) is 10.1. The van der Waals surface area contributed by atoms with Crippen LogP contribution in [0.25, 0.3) is 0 Å². The lowest BCUT2D eigenvalue weighted by molar-refractivity contribution is 0.0571. The fraction of sp³-hybridized carbons (Fsp3) is 0.200. The minimum Gasteiger partial charge on any atom is -0.267 e. The van der Waals surface area contributed by atoms with E-state index in [9.17, 15) is 18.0 Å². The van der Waals surface area contributed by atoms with Crippen LogP contribution in [-0.4, -0.2) is 37.5 Å². The molecule has 1 aromatic carbocycles. The summed E-state index contributed by atoms with van der Waals surface area (Å²) in [4.78, 5) is 23.6. The summed E-state index contributed by atoms with van der Waals surface area (Å²) in [6.07, 6.45) is 0. The van der Waals surface area contributed by atoms with E-state index in [1.807, 2.05) is 0 Å². The molecular weight excluding hydrogens is 258 g/mol. The molecule has 0 spiro atoms. The van der Waals surface area contributed by atoms with Crippen molar-refractivity contribution in [3.8, 4) is 0 Å². The number of carbonyl (C=O) groups is 2. The number of hydrogen-bond donors (Lipinski definition) is 2. The van der Waals surface area contributed by atoms with Crippen molar-refractivity contribution in [3.63, 3.8) is 0 Å². The molecular formula is C10H11N3O4S. The summed E-state index contributed by atoms with van der Waals surface area (Å²) in [6.45, 7) is -0.107. The SMILES string of the molecule is NS(=O)(=O)CCNN1C(=O)c2ccccc2C1=O. The van der Waals surface area contributed by atoms with Crippen LogP contribution in [0.3, 0.4) is 0 Å². The Labute approximate surface area is 104 Å². The van der Waals surface area contributed by atoms with Gasteiger partial charge in [0.15, 0.2) is 0 Å². The highest BCUT2D eigenvalue weighted by Gasteiger charge is 2.35. The maximum absolute atomic E-state index is 11.8. The number of hydrazine groups is 1. The quantitative estimate of drug-likeness (QED) is 0.687. The average Bonchev–Trinajstić information content (AvgIpc) is 2.53. The van der Waals surface area contributed by atoms with Crippen molar-refractivity contribution < 1.29 is 18.0 Å². The van der Waals surface area contributed by atoms with Crippen molar-refractivity contribution in [2.24, 2.45) is 5.14 Å². The summed E-state index contributed by atoms with van der Waals surface area (Å²) >= 11 is 0. The van der Waals surface area contributed by atoms with Gasteiger partial charge >= 0.3 is 0 Å². The van der Waals surface area contributed by atoms with Crippen LogP contribution in [0.2, 0.25) is 0 Å². The first-order chi connectivity index (χ1) is 8.40. The number of imide groups is 1. The van der Waals surface area contributed by atoms with Crippen LogP contribution in [0.5, 0.6) is 0 Å². The van der Waals surface area contributed by atoms with Crippen molar-refractivity contribution in [3.05, 3.63) is 35.4 Å². The molecule has 1 heterocycles. The molecule has 7 nitrogen and oxygen atoms in total. The van der Waals surface area contributed by atoms with E-state index in [0.29, 0.717) is 11.1 Å². The van der Waals surface area contributed by atoms with E-state index in [1.165, 1.54) is 12.1 Å². The monoisotopic (exact) mass is 269 g/mol. The minimum absolute atomic E-state index is 0.107. The number of amides is 2. The van der Waals surface area contributed by atoms with Crippen LogP contribution >= 0.6 is 0 Å². The van der Waals surface area contributed by atoms with Crippen molar-refractivity contribution in [2.75, 3.05) is 12.3 Å². The number of rotatable bonds is 4. The summed E-state index contributed by atoms with van der Waals surface area (Å²) in [7, 11) is -3.63. The highest BCUT2D eigenvalue weighted by atomic mass is 32.2. The molecule has 0 unspecified atom stereocenters. The molecule has 3 N–H and O–H groups in total. The number of fused-ring (bicyclic) bond motifs is 1. The normalized spacial score (nSPS) is 15.1. The molecule has 0 aliphatic carbocycles. The number of sulfonamides is 1. The fourth-order valence-electron chi connectivity index (χ4n) is 1.63.